The highest BCUT2D eigenvalue weighted by atomic mass is 19.4. The Bertz CT molecular complexity index is 571. The van der Waals surface area contributed by atoms with Crippen LogP contribution in [0.5, 0.6) is 0 Å². The molecule has 0 aromatic heterocycles. The van der Waals surface area contributed by atoms with Crippen molar-refractivity contribution >= 4 is 5.78 Å². The summed E-state index contributed by atoms with van der Waals surface area (Å²) in [5.41, 5.74) is 0.127. The number of ketones is 1. The molecule has 0 aromatic carbocycles. The minimum atomic E-state index is -4.01. The first-order valence-electron chi connectivity index (χ1n) is 12.7. The molecule has 0 saturated heterocycles. The highest BCUT2D eigenvalue weighted by molar-refractivity contribution is 5.79. The lowest BCUT2D eigenvalue weighted by molar-refractivity contribution is -0.196. The van der Waals surface area contributed by atoms with Gasteiger partial charge in [-0.2, -0.15) is 13.2 Å². The molecule has 0 bridgehead atoms. The molecule has 30 heavy (non-hydrogen) atoms. The zero-order valence-corrected chi connectivity index (χ0v) is 20.3. The Balaban J connectivity index is 0.000000757. The zero-order chi connectivity index (χ0) is 22.9. The molecular formula is C26H45F3O. The Kier molecular flexibility index (Phi) is 8.52. The maximum Gasteiger partial charge on any atom is 0.391 e. The SMILES string of the molecule is CC.CC.CC(=O)[C@H]1CC(C)C2[C@@H]3CC[C@@H]4CC(C(F)(F)F)CC[C@@H]4C3CC[C@@]21C. The standard InChI is InChI=1S/C22H33F3O.2C2H6/c1-12-10-19(13(2)26)21(3)9-8-17-16-7-5-15(22(23,24)25)11-14(16)4-6-18(17)20(12)21;2*1-2/h12,14-20H,4-11H2,1-3H3;2*1-2H3/t12?,14-,15?,16+,17?,18-,19-,20?,21-;;/m1../s1. The van der Waals surface area contributed by atoms with E-state index in [2.05, 4.69) is 13.8 Å². The second kappa shape index (κ2) is 9.94. The lowest BCUT2D eigenvalue weighted by Gasteiger charge is -2.57. The van der Waals surface area contributed by atoms with E-state index in [-0.39, 0.29) is 17.3 Å². The molecular weight excluding hydrogens is 385 g/mol. The molecule has 4 rings (SSSR count). The van der Waals surface area contributed by atoms with Gasteiger partial charge in [-0.25, -0.2) is 0 Å². The van der Waals surface area contributed by atoms with E-state index in [0.29, 0.717) is 48.2 Å². The van der Waals surface area contributed by atoms with E-state index in [9.17, 15) is 18.0 Å². The van der Waals surface area contributed by atoms with Gasteiger partial charge in [0.15, 0.2) is 0 Å². The number of hydrogen-bond donors (Lipinski definition) is 0. The number of Topliss-reactive ketones (excluding diaryl/α,β-unsaturated/α-hetero) is 1. The summed E-state index contributed by atoms with van der Waals surface area (Å²) in [5.74, 6) is 2.66. The van der Waals surface area contributed by atoms with Gasteiger partial charge in [0, 0.05) is 5.92 Å². The summed E-state index contributed by atoms with van der Waals surface area (Å²) < 4.78 is 39.6. The Labute approximate surface area is 183 Å². The van der Waals surface area contributed by atoms with E-state index < -0.39 is 12.1 Å². The number of carbonyl (C=O) groups is 1. The fourth-order valence-corrected chi connectivity index (χ4v) is 8.32. The van der Waals surface area contributed by atoms with Gasteiger partial charge in [-0.05, 0) is 99.2 Å². The van der Waals surface area contributed by atoms with E-state index in [4.69, 9.17) is 0 Å². The Morgan fingerprint density at radius 1 is 0.867 bits per heavy atom. The Hall–Kier alpha value is -0.540. The Morgan fingerprint density at radius 2 is 1.47 bits per heavy atom. The van der Waals surface area contributed by atoms with Gasteiger partial charge in [-0.15, -0.1) is 0 Å². The first-order valence-corrected chi connectivity index (χ1v) is 12.7. The predicted octanol–water partition coefficient (Wildman–Crippen LogP) is 8.32. The average Bonchev–Trinajstić information content (AvgIpc) is 3.01. The van der Waals surface area contributed by atoms with Crippen molar-refractivity contribution in [2.24, 2.45) is 52.8 Å². The molecule has 0 aromatic rings. The fourth-order valence-electron chi connectivity index (χ4n) is 8.32. The monoisotopic (exact) mass is 430 g/mol. The second-order valence-electron chi connectivity index (χ2n) is 10.3. The molecule has 4 saturated carbocycles. The average molecular weight is 431 g/mol. The quantitative estimate of drug-likeness (QED) is 0.409. The van der Waals surface area contributed by atoms with Crippen molar-refractivity contribution in [1.29, 1.82) is 0 Å². The lowest BCUT2D eigenvalue weighted by Crippen LogP contribution is -2.50. The van der Waals surface area contributed by atoms with E-state index >= 15 is 0 Å². The fraction of sp³-hybridized carbons (Fsp3) is 0.962. The predicted molar refractivity (Wildman–Crippen MR) is 118 cm³/mol. The van der Waals surface area contributed by atoms with Crippen LogP contribution in [-0.2, 0) is 4.79 Å². The zero-order valence-electron chi connectivity index (χ0n) is 20.3. The van der Waals surface area contributed by atoms with Crippen molar-refractivity contribution in [3.05, 3.63) is 0 Å². The van der Waals surface area contributed by atoms with Crippen molar-refractivity contribution in [2.75, 3.05) is 0 Å². The van der Waals surface area contributed by atoms with Gasteiger partial charge in [0.2, 0.25) is 0 Å². The van der Waals surface area contributed by atoms with E-state index in [1.807, 2.05) is 27.7 Å². The Morgan fingerprint density at radius 3 is 2.03 bits per heavy atom. The topological polar surface area (TPSA) is 17.1 Å². The van der Waals surface area contributed by atoms with Crippen LogP contribution in [0.4, 0.5) is 13.2 Å². The number of carbonyl (C=O) groups excluding carboxylic acids is 1. The van der Waals surface area contributed by atoms with Crippen LogP contribution < -0.4 is 0 Å². The van der Waals surface area contributed by atoms with Gasteiger partial charge in [-0.1, -0.05) is 41.5 Å². The van der Waals surface area contributed by atoms with Gasteiger partial charge in [0.05, 0.1) is 5.92 Å². The largest absolute Gasteiger partial charge is 0.391 e. The molecule has 1 nitrogen and oxygen atoms in total. The molecule has 4 aliphatic carbocycles. The first-order chi connectivity index (χ1) is 14.1. The molecule has 0 aliphatic heterocycles. The van der Waals surface area contributed by atoms with E-state index in [1.165, 1.54) is 0 Å². The van der Waals surface area contributed by atoms with Crippen LogP contribution in [0, 0.1) is 52.8 Å². The number of alkyl halides is 3. The van der Waals surface area contributed by atoms with Gasteiger partial charge < -0.3 is 0 Å². The van der Waals surface area contributed by atoms with E-state index in [0.717, 1.165) is 38.5 Å². The van der Waals surface area contributed by atoms with Crippen molar-refractivity contribution in [1.82, 2.24) is 0 Å². The van der Waals surface area contributed by atoms with Crippen molar-refractivity contribution < 1.29 is 18.0 Å². The summed E-state index contributed by atoms with van der Waals surface area (Å²) in [6.07, 6.45) is 2.77. The smallest absolute Gasteiger partial charge is 0.300 e. The van der Waals surface area contributed by atoms with Crippen LogP contribution in [0.2, 0.25) is 0 Å². The summed E-state index contributed by atoms with van der Waals surface area (Å²) >= 11 is 0. The molecule has 4 fully saturated rings. The summed E-state index contributed by atoms with van der Waals surface area (Å²) in [7, 11) is 0. The molecule has 0 amide bonds. The van der Waals surface area contributed by atoms with Crippen LogP contribution in [0.3, 0.4) is 0 Å². The molecule has 0 N–H and O–H groups in total. The molecule has 0 heterocycles. The van der Waals surface area contributed by atoms with Crippen molar-refractivity contribution in [3.63, 3.8) is 0 Å². The third kappa shape index (κ3) is 4.49. The normalized spacial score (nSPS) is 44.9. The highest BCUT2D eigenvalue weighted by Gasteiger charge is 2.60. The summed E-state index contributed by atoms with van der Waals surface area (Å²) in [4.78, 5) is 12.3. The molecule has 176 valence electrons. The highest BCUT2D eigenvalue weighted by Crippen LogP contribution is 2.66. The number of rotatable bonds is 1. The minimum Gasteiger partial charge on any atom is -0.300 e. The third-order valence-electron chi connectivity index (χ3n) is 9.22. The minimum absolute atomic E-state index is 0.127. The number of fused-ring (bicyclic) bond motifs is 5. The maximum atomic E-state index is 13.2. The third-order valence-corrected chi connectivity index (χ3v) is 9.22. The molecule has 4 unspecified atom stereocenters. The molecule has 9 atom stereocenters. The van der Waals surface area contributed by atoms with Gasteiger partial charge in [-0.3, -0.25) is 4.79 Å². The van der Waals surface area contributed by atoms with Gasteiger partial charge in [0.1, 0.15) is 5.78 Å². The van der Waals surface area contributed by atoms with Crippen LogP contribution in [-0.4, -0.2) is 12.0 Å². The summed E-state index contributed by atoms with van der Waals surface area (Å²) in [6, 6.07) is 0. The first kappa shape index (κ1) is 25.7. The molecule has 0 radical (unpaired) electrons. The van der Waals surface area contributed by atoms with Crippen LogP contribution in [0.15, 0.2) is 0 Å². The van der Waals surface area contributed by atoms with Crippen LogP contribution in [0.1, 0.15) is 99.8 Å². The molecule has 4 aliphatic rings. The second-order valence-corrected chi connectivity index (χ2v) is 10.3. The summed E-state index contributed by atoms with van der Waals surface area (Å²) in [5, 5.41) is 0. The molecule has 0 spiro atoms. The van der Waals surface area contributed by atoms with Crippen LogP contribution in [0.25, 0.3) is 0 Å². The maximum absolute atomic E-state index is 13.2. The number of hydrogen-bond acceptors (Lipinski definition) is 1. The van der Waals surface area contributed by atoms with Gasteiger partial charge >= 0.3 is 6.18 Å². The summed E-state index contributed by atoms with van der Waals surface area (Å²) in [6.45, 7) is 14.4. The number of halogens is 3. The molecule has 4 heteroatoms. The van der Waals surface area contributed by atoms with Crippen molar-refractivity contribution in [3.8, 4) is 0 Å². The van der Waals surface area contributed by atoms with E-state index in [1.54, 1.807) is 6.92 Å². The van der Waals surface area contributed by atoms with Gasteiger partial charge in [0.25, 0.3) is 0 Å². The lowest BCUT2D eigenvalue weighted by atomic mass is 9.48. The van der Waals surface area contributed by atoms with Crippen molar-refractivity contribution in [2.45, 2.75) is 106 Å². The van der Waals surface area contributed by atoms with Crippen LogP contribution >= 0.6 is 0 Å².